The number of benzene rings is 1. The van der Waals surface area contributed by atoms with Crippen LogP contribution in [0.1, 0.15) is 48.0 Å². The summed E-state index contributed by atoms with van der Waals surface area (Å²) in [6.07, 6.45) is 5.28. The first-order valence-electron chi connectivity index (χ1n) is 9.28. The number of carbonyl (C=O) groups is 1. The van der Waals surface area contributed by atoms with Crippen molar-refractivity contribution in [2.75, 3.05) is 17.2 Å². The van der Waals surface area contributed by atoms with Gasteiger partial charge >= 0.3 is 6.18 Å². The third-order valence-corrected chi connectivity index (χ3v) is 4.63. The van der Waals surface area contributed by atoms with Crippen LogP contribution < -0.4 is 10.6 Å². The van der Waals surface area contributed by atoms with E-state index in [1.807, 2.05) is 0 Å². The molecule has 1 heterocycles. The molecule has 0 saturated heterocycles. The van der Waals surface area contributed by atoms with E-state index in [4.69, 9.17) is 0 Å². The lowest BCUT2D eigenvalue weighted by molar-refractivity contribution is -0.137. The molecule has 2 aromatic rings. The maximum absolute atomic E-state index is 12.6. The number of alkyl halides is 3. The van der Waals surface area contributed by atoms with Crippen molar-refractivity contribution < 1.29 is 18.0 Å². The molecule has 0 atom stereocenters. The summed E-state index contributed by atoms with van der Waals surface area (Å²) < 4.78 is 37.7. The van der Waals surface area contributed by atoms with Crippen molar-refractivity contribution in [1.29, 1.82) is 0 Å². The number of hydrogen-bond donors (Lipinski definition) is 2. The van der Waals surface area contributed by atoms with Gasteiger partial charge in [-0.25, -0.2) is 4.98 Å². The summed E-state index contributed by atoms with van der Waals surface area (Å²) in [7, 11) is 0. The molecule has 1 aromatic carbocycles. The Morgan fingerprint density at radius 2 is 1.86 bits per heavy atom. The predicted octanol–water partition coefficient (Wildman–Crippen LogP) is 5.66. The summed E-state index contributed by atoms with van der Waals surface area (Å²) in [5.74, 6) is 0.226. The molecule has 1 aliphatic carbocycles. The monoisotopic (exact) mass is 389 g/mol. The van der Waals surface area contributed by atoms with E-state index in [1.54, 1.807) is 12.1 Å². The van der Waals surface area contributed by atoms with Crippen LogP contribution >= 0.6 is 0 Å². The molecule has 1 aromatic heterocycles. The normalized spacial score (nSPS) is 14.3. The average molecular weight is 389 g/mol. The van der Waals surface area contributed by atoms with E-state index in [0.29, 0.717) is 11.5 Å². The minimum Gasteiger partial charge on any atom is -0.370 e. The number of halogens is 3. The number of aromatic nitrogens is 1. The van der Waals surface area contributed by atoms with Crippen LogP contribution in [0.2, 0.25) is 0 Å². The standard InChI is InChI=1S/C21H22F3N3O/c22-21(23,24)17-8-6-16(7-9-17)20(28)27-18-10-11-19(26-14-18)25-13-12-15-4-2-1-3-5-15/h4,6-11,14H,1-3,5,12-13H2,(H,25,26)(H,27,28). The number of allylic oxidation sites excluding steroid dienone is 1. The van der Waals surface area contributed by atoms with E-state index in [2.05, 4.69) is 21.7 Å². The molecule has 0 radical (unpaired) electrons. The lowest BCUT2D eigenvalue weighted by atomic mass is 9.97. The van der Waals surface area contributed by atoms with Gasteiger partial charge in [-0.3, -0.25) is 4.79 Å². The van der Waals surface area contributed by atoms with Gasteiger partial charge in [-0.05, 0) is 68.5 Å². The van der Waals surface area contributed by atoms with Crippen molar-refractivity contribution in [3.63, 3.8) is 0 Å². The minimum absolute atomic E-state index is 0.149. The summed E-state index contributed by atoms with van der Waals surface area (Å²) in [6, 6.07) is 7.56. The Morgan fingerprint density at radius 3 is 2.46 bits per heavy atom. The number of pyridine rings is 1. The Labute approximate surface area is 161 Å². The molecule has 2 N–H and O–H groups in total. The Kier molecular flexibility index (Phi) is 6.34. The number of amides is 1. The van der Waals surface area contributed by atoms with Gasteiger partial charge in [-0.2, -0.15) is 13.2 Å². The predicted molar refractivity (Wildman–Crippen MR) is 103 cm³/mol. The van der Waals surface area contributed by atoms with Gasteiger partial charge in [0.2, 0.25) is 0 Å². The summed E-state index contributed by atoms with van der Waals surface area (Å²) in [6.45, 7) is 0.802. The molecule has 0 fully saturated rings. The van der Waals surface area contributed by atoms with E-state index in [0.717, 1.165) is 37.2 Å². The quantitative estimate of drug-likeness (QED) is 0.627. The lowest BCUT2D eigenvalue weighted by Crippen LogP contribution is -2.13. The summed E-state index contributed by atoms with van der Waals surface area (Å²) in [5.41, 5.74) is 1.32. The van der Waals surface area contributed by atoms with Crippen LogP contribution in [0, 0.1) is 0 Å². The van der Waals surface area contributed by atoms with Crippen LogP contribution in [0.3, 0.4) is 0 Å². The molecule has 1 aliphatic rings. The van der Waals surface area contributed by atoms with Crippen LogP contribution in [-0.2, 0) is 6.18 Å². The van der Waals surface area contributed by atoms with E-state index >= 15 is 0 Å². The number of anilines is 2. The van der Waals surface area contributed by atoms with Gasteiger partial charge in [0, 0.05) is 12.1 Å². The van der Waals surface area contributed by atoms with E-state index in [1.165, 1.54) is 37.5 Å². The second kappa shape index (κ2) is 8.91. The number of nitrogens with one attached hydrogen (secondary N) is 2. The van der Waals surface area contributed by atoms with Gasteiger partial charge in [0.15, 0.2) is 0 Å². The third-order valence-electron chi connectivity index (χ3n) is 4.63. The van der Waals surface area contributed by atoms with E-state index < -0.39 is 17.6 Å². The second-order valence-corrected chi connectivity index (χ2v) is 6.75. The molecule has 3 rings (SSSR count). The fourth-order valence-electron chi connectivity index (χ4n) is 3.07. The molecule has 0 bridgehead atoms. The highest BCUT2D eigenvalue weighted by Crippen LogP contribution is 2.29. The van der Waals surface area contributed by atoms with Crippen molar-refractivity contribution in [2.45, 2.75) is 38.3 Å². The molecular formula is C21H22F3N3O. The van der Waals surface area contributed by atoms with Gasteiger partial charge in [-0.1, -0.05) is 11.6 Å². The second-order valence-electron chi connectivity index (χ2n) is 6.75. The largest absolute Gasteiger partial charge is 0.416 e. The highest BCUT2D eigenvalue weighted by molar-refractivity contribution is 6.04. The first kappa shape index (κ1) is 19.9. The van der Waals surface area contributed by atoms with Gasteiger partial charge in [-0.15, -0.1) is 0 Å². The van der Waals surface area contributed by atoms with Crippen LogP contribution in [-0.4, -0.2) is 17.4 Å². The molecule has 0 aliphatic heterocycles. The Hall–Kier alpha value is -2.83. The minimum atomic E-state index is -4.42. The van der Waals surface area contributed by atoms with Crippen LogP contribution in [0.5, 0.6) is 0 Å². The zero-order chi connectivity index (χ0) is 20.0. The van der Waals surface area contributed by atoms with Crippen molar-refractivity contribution in [1.82, 2.24) is 4.98 Å². The molecule has 0 spiro atoms. The first-order chi connectivity index (χ1) is 13.4. The van der Waals surface area contributed by atoms with Crippen LogP contribution in [0.15, 0.2) is 54.2 Å². The molecular weight excluding hydrogens is 367 g/mol. The maximum Gasteiger partial charge on any atom is 0.416 e. The number of nitrogens with zero attached hydrogens (tertiary/aromatic N) is 1. The molecule has 0 saturated carbocycles. The molecule has 148 valence electrons. The fourth-order valence-corrected chi connectivity index (χ4v) is 3.07. The smallest absolute Gasteiger partial charge is 0.370 e. The molecule has 28 heavy (non-hydrogen) atoms. The zero-order valence-electron chi connectivity index (χ0n) is 15.4. The number of carbonyl (C=O) groups excluding carboxylic acids is 1. The average Bonchev–Trinajstić information content (AvgIpc) is 2.69. The van der Waals surface area contributed by atoms with Gasteiger partial charge in [0.05, 0.1) is 17.4 Å². The highest BCUT2D eigenvalue weighted by Gasteiger charge is 2.30. The van der Waals surface area contributed by atoms with Crippen molar-refractivity contribution in [3.05, 3.63) is 65.4 Å². The Bertz CT molecular complexity index is 827. The lowest BCUT2D eigenvalue weighted by Gasteiger charge is -2.13. The zero-order valence-corrected chi connectivity index (χ0v) is 15.4. The highest BCUT2D eigenvalue weighted by atomic mass is 19.4. The summed E-state index contributed by atoms with van der Waals surface area (Å²) in [5, 5.41) is 5.89. The first-order valence-corrected chi connectivity index (χ1v) is 9.28. The molecule has 7 heteroatoms. The topological polar surface area (TPSA) is 54.0 Å². The number of rotatable bonds is 6. The van der Waals surface area contributed by atoms with Crippen LogP contribution in [0.4, 0.5) is 24.7 Å². The van der Waals surface area contributed by atoms with E-state index in [9.17, 15) is 18.0 Å². The Balaban J connectivity index is 1.50. The maximum atomic E-state index is 12.6. The number of hydrogen-bond acceptors (Lipinski definition) is 3. The van der Waals surface area contributed by atoms with Crippen molar-refractivity contribution in [3.8, 4) is 0 Å². The van der Waals surface area contributed by atoms with E-state index in [-0.39, 0.29) is 5.56 Å². The molecule has 1 amide bonds. The van der Waals surface area contributed by atoms with Gasteiger partial charge in [0.25, 0.3) is 5.91 Å². The van der Waals surface area contributed by atoms with Crippen LogP contribution in [0.25, 0.3) is 0 Å². The molecule has 4 nitrogen and oxygen atoms in total. The summed E-state index contributed by atoms with van der Waals surface area (Å²) in [4.78, 5) is 16.4. The SMILES string of the molecule is O=C(Nc1ccc(NCCC2=CCCCC2)nc1)c1ccc(C(F)(F)F)cc1. The van der Waals surface area contributed by atoms with Gasteiger partial charge < -0.3 is 10.6 Å². The fraction of sp³-hybridized carbons (Fsp3) is 0.333. The molecule has 0 unspecified atom stereocenters. The van der Waals surface area contributed by atoms with Gasteiger partial charge in [0.1, 0.15) is 5.82 Å². The Morgan fingerprint density at radius 1 is 1.07 bits per heavy atom. The van der Waals surface area contributed by atoms with Crippen molar-refractivity contribution >= 4 is 17.4 Å². The summed E-state index contributed by atoms with van der Waals surface area (Å²) >= 11 is 0. The third kappa shape index (κ3) is 5.58. The van der Waals surface area contributed by atoms with Crippen molar-refractivity contribution in [2.24, 2.45) is 0 Å².